The number of likely N-dealkylation sites (tertiary alicyclic amines) is 1. The maximum atomic E-state index is 12.9. The van der Waals surface area contributed by atoms with Gasteiger partial charge in [-0.25, -0.2) is 0 Å². The quantitative estimate of drug-likeness (QED) is 0.419. The summed E-state index contributed by atoms with van der Waals surface area (Å²) in [5.41, 5.74) is 4.88. The molecule has 2 heterocycles. The van der Waals surface area contributed by atoms with Crippen molar-refractivity contribution in [3.63, 3.8) is 0 Å². The number of hydrogen-bond donors (Lipinski definition) is 2. The fraction of sp³-hybridized carbons (Fsp3) is 0.633. The van der Waals surface area contributed by atoms with Crippen molar-refractivity contribution in [2.45, 2.75) is 98.4 Å². The summed E-state index contributed by atoms with van der Waals surface area (Å²) in [6.07, 6.45) is 7.19. The standard InChI is InChI=1S/C22H30N4O2.C6H12O.C2H6/c1-3-26-20(10-11-23-26)16-8-9-18-15(12-16)6-4-5-7-19(18)24-22(28)21-13-17(27)14-25(21)2;1-5(2)6(3)4-7;1-2/h8-12,17,19,21,27H,3-7,13-14H2,1-2H3,(H,24,28);4-6H,1-3H3;1-2H3. The average molecular weight is 513 g/mol. The van der Waals surface area contributed by atoms with Crippen molar-refractivity contribution in [3.05, 3.63) is 41.6 Å². The number of carbonyl (C=O) groups is 2. The number of rotatable bonds is 6. The maximum Gasteiger partial charge on any atom is 0.237 e. The molecule has 4 atom stereocenters. The Balaban J connectivity index is 0.000000465. The zero-order valence-corrected chi connectivity index (χ0v) is 23.9. The number of likely N-dealkylation sites (N-methyl/N-ethyl adjacent to an activating group) is 1. The Morgan fingerprint density at radius 2 is 1.95 bits per heavy atom. The molecular weight excluding hydrogens is 464 g/mol. The summed E-state index contributed by atoms with van der Waals surface area (Å²) in [6, 6.07) is 8.47. The van der Waals surface area contributed by atoms with E-state index in [9.17, 15) is 14.7 Å². The van der Waals surface area contributed by atoms with E-state index in [1.165, 1.54) is 16.7 Å². The fourth-order valence-corrected chi connectivity index (χ4v) is 4.82. The second-order valence-corrected chi connectivity index (χ2v) is 10.3. The topological polar surface area (TPSA) is 87.5 Å². The molecule has 1 aliphatic carbocycles. The number of amides is 1. The highest BCUT2D eigenvalue weighted by Gasteiger charge is 2.34. The van der Waals surface area contributed by atoms with Gasteiger partial charge in [-0.2, -0.15) is 5.10 Å². The Labute approximate surface area is 223 Å². The Morgan fingerprint density at radius 1 is 1.22 bits per heavy atom. The molecule has 1 amide bonds. The predicted molar refractivity (Wildman–Crippen MR) is 150 cm³/mol. The van der Waals surface area contributed by atoms with Gasteiger partial charge in [-0.1, -0.05) is 53.2 Å². The lowest BCUT2D eigenvalue weighted by atomic mass is 9.95. The number of hydrogen-bond acceptors (Lipinski definition) is 5. The van der Waals surface area contributed by atoms with Crippen LogP contribution in [0.15, 0.2) is 30.5 Å². The van der Waals surface area contributed by atoms with E-state index in [2.05, 4.69) is 41.6 Å². The van der Waals surface area contributed by atoms with Gasteiger partial charge >= 0.3 is 0 Å². The molecule has 0 spiro atoms. The van der Waals surface area contributed by atoms with E-state index in [1.54, 1.807) is 0 Å². The van der Waals surface area contributed by atoms with Crippen LogP contribution in [0.4, 0.5) is 0 Å². The molecule has 0 radical (unpaired) electrons. The lowest BCUT2D eigenvalue weighted by molar-refractivity contribution is -0.126. The first-order chi connectivity index (χ1) is 17.7. The van der Waals surface area contributed by atoms with Gasteiger partial charge in [-0.05, 0) is 68.8 Å². The van der Waals surface area contributed by atoms with Gasteiger partial charge in [0.05, 0.1) is 23.9 Å². The van der Waals surface area contributed by atoms with Gasteiger partial charge in [0, 0.05) is 30.8 Å². The van der Waals surface area contributed by atoms with E-state index in [-0.39, 0.29) is 23.9 Å². The maximum absolute atomic E-state index is 12.9. The van der Waals surface area contributed by atoms with Crippen LogP contribution in [0.5, 0.6) is 0 Å². The van der Waals surface area contributed by atoms with Crippen LogP contribution in [0.3, 0.4) is 0 Å². The molecule has 4 rings (SSSR count). The summed E-state index contributed by atoms with van der Waals surface area (Å²) in [6.45, 7) is 13.5. The van der Waals surface area contributed by atoms with Gasteiger partial charge < -0.3 is 15.2 Å². The summed E-state index contributed by atoms with van der Waals surface area (Å²) in [7, 11) is 1.91. The third-order valence-corrected chi connectivity index (χ3v) is 7.43. The number of nitrogens with zero attached hydrogens (tertiary/aromatic N) is 3. The lowest BCUT2D eigenvalue weighted by Crippen LogP contribution is -2.42. The largest absolute Gasteiger partial charge is 0.392 e. The minimum absolute atomic E-state index is 0.0324. The molecule has 7 nitrogen and oxygen atoms in total. The lowest BCUT2D eigenvalue weighted by Gasteiger charge is -2.24. The van der Waals surface area contributed by atoms with Crippen molar-refractivity contribution in [3.8, 4) is 11.3 Å². The van der Waals surface area contributed by atoms with E-state index in [4.69, 9.17) is 0 Å². The molecule has 1 aliphatic heterocycles. The number of aliphatic hydroxyl groups excluding tert-OH is 1. The molecule has 7 heteroatoms. The molecule has 2 aliphatic rings. The number of β-amino-alcohol motifs (C(OH)–C–C–N with tert-alkyl or cyclic N) is 1. The summed E-state index contributed by atoms with van der Waals surface area (Å²) < 4.78 is 2.01. The van der Waals surface area contributed by atoms with Crippen molar-refractivity contribution >= 4 is 12.2 Å². The van der Waals surface area contributed by atoms with E-state index in [0.29, 0.717) is 18.9 Å². The van der Waals surface area contributed by atoms with E-state index >= 15 is 0 Å². The van der Waals surface area contributed by atoms with Crippen molar-refractivity contribution in [1.29, 1.82) is 0 Å². The number of aryl methyl sites for hydroxylation is 2. The van der Waals surface area contributed by atoms with Gasteiger partial charge in [0.15, 0.2) is 0 Å². The van der Waals surface area contributed by atoms with Crippen molar-refractivity contribution in [1.82, 2.24) is 20.0 Å². The number of fused-ring (bicyclic) bond motifs is 1. The molecule has 1 saturated heterocycles. The second-order valence-electron chi connectivity index (χ2n) is 10.3. The molecule has 2 N–H and O–H groups in total. The molecule has 0 saturated carbocycles. The van der Waals surface area contributed by atoms with Gasteiger partial charge in [0.25, 0.3) is 0 Å². The van der Waals surface area contributed by atoms with Crippen molar-refractivity contribution < 1.29 is 14.7 Å². The minimum Gasteiger partial charge on any atom is -0.392 e. The fourth-order valence-electron chi connectivity index (χ4n) is 4.82. The monoisotopic (exact) mass is 512 g/mol. The molecule has 1 aromatic heterocycles. The zero-order valence-electron chi connectivity index (χ0n) is 23.9. The molecule has 2 aromatic rings. The molecule has 1 aromatic carbocycles. The van der Waals surface area contributed by atoms with Crippen LogP contribution in [0.2, 0.25) is 0 Å². The summed E-state index contributed by atoms with van der Waals surface area (Å²) in [4.78, 5) is 24.8. The van der Waals surface area contributed by atoms with E-state index in [1.807, 2.05) is 57.4 Å². The van der Waals surface area contributed by atoms with Gasteiger partial charge in [0.2, 0.25) is 5.91 Å². The number of carbonyl (C=O) groups excluding carboxylic acids is 2. The van der Waals surface area contributed by atoms with Crippen LogP contribution < -0.4 is 5.32 Å². The van der Waals surface area contributed by atoms with Gasteiger partial charge in [-0.3, -0.25) is 14.4 Å². The van der Waals surface area contributed by atoms with Crippen molar-refractivity contribution in [2.24, 2.45) is 11.8 Å². The predicted octanol–water partition coefficient (Wildman–Crippen LogP) is 5.02. The minimum atomic E-state index is -0.409. The summed E-state index contributed by atoms with van der Waals surface area (Å²) in [5, 5.41) is 17.5. The molecule has 206 valence electrons. The number of aldehydes is 1. The van der Waals surface area contributed by atoms with Crippen LogP contribution in [0.1, 0.15) is 84.4 Å². The average Bonchev–Trinajstić information content (AvgIpc) is 3.46. The van der Waals surface area contributed by atoms with Gasteiger partial charge in [-0.15, -0.1) is 0 Å². The third-order valence-electron chi connectivity index (χ3n) is 7.43. The third kappa shape index (κ3) is 8.24. The summed E-state index contributed by atoms with van der Waals surface area (Å²) >= 11 is 0. The first kappa shape index (κ1) is 30.7. The number of aliphatic hydroxyl groups is 1. The highest BCUT2D eigenvalue weighted by atomic mass is 16.3. The number of nitrogens with one attached hydrogen (secondary N) is 1. The van der Waals surface area contributed by atoms with E-state index < -0.39 is 6.10 Å². The molecule has 0 bridgehead atoms. The highest BCUT2D eigenvalue weighted by Crippen LogP contribution is 2.32. The van der Waals surface area contributed by atoms with Crippen LogP contribution in [0.25, 0.3) is 11.3 Å². The second kappa shape index (κ2) is 15.0. The zero-order chi connectivity index (χ0) is 27.5. The molecular formula is C30H48N4O3. The first-order valence-corrected chi connectivity index (χ1v) is 14.0. The van der Waals surface area contributed by atoms with Crippen LogP contribution >= 0.6 is 0 Å². The van der Waals surface area contributed by atoms with Crippen LogP contribution in [-0.2, 0) is 22.6 Å². The Kier molecular flexibility index (Phi) is 12.5. The van der Waals surface area contributed by atoms with E-state index in [0.717, 1.165) is 44.2 Å². The smallest absolute Gasteiger partial charge is 0.237 e. The van der Waals surface area contributed by atoms with Crippen molar-refractivity contribution in [2.75, 3.05) is 13.6 Å². The SMILES string of the molecule is CC.CC(C)C(C)C=O.CCn1nccc1-c1ccc2c(c1)CCCCC2NC(=O)C1CC(O)CN1C. The first-order valence-electron chi connectivity index (χ1n) is 14.0. The Bertz CT molecular complexity index is 987. The van der Waals surface area contributed by atoms with Crippen LogP contribution in [-0.4, -0.2) is 57.7 Å². The Morgan fingerprint density at radius 3 is 2.51 bits per heavy atom. The molecule has 37 heavy (non-hydrogen) atoms. The molecule has 1 fully saturated rings. The molecule has 4 unspecified atom stereocenters. The van der Waals surface area contributed by atoms with Gasteiger partial charge in [0.1, 0.15) is 6.29 Å². The van der Waals surface area contributed by atoms with Crippen LogP contribution in [0, 0.1) is 11.8 Å². The Hall–Kier alpha value is -2.51. The normalized spacial score (nSPS) is 22.0. The number of benzene rings is 1. The summed E-state index contributed by atoms with van der Waals surface area (Å²) in [5.74, 6) is 0.752. The number of aromatic nitrogens is 2. The highest BCUT2D eigenvalue weighted by molar-refractivity contribution is 5.82.